The van der Waals surface area contributed by atoms with Gasteiger partial charge in [0.25, 0.3) is 5.91 Å². The number of nitrogens with one attached hydrogen (secondary N) is 1. The highest BCUT2D eigenvalue weighted by atomic mass is 16.5. The van der Waals surface area contributed by atoms with Gasteiger partial charge in [0.1, 0.15) is 0 Å². The van der Waals surface area contributed by atoms with Gasteiger partial charge in [-0.05, 0) is 47.0 Å². The third-order valence-electron chi connectivity index (χ3n) is 3.96. The normalized spacial score (nSPS) is 10.5. The number of methoxy groups -OCH3 is 1. The molecule has 122 valence electrons. The van der Waals surface area contributed by atoms with Crippen LogP contribution in [0.3, 0.4) is 0 Å². The molecule has 0 saturated carbocycles. The minimum atomic E-state index is -0.0912. The largest absolute Gasteiger partial charge is 0.504 e. The number of rotatable bonds is 5. The van der Waals surface area contributed by atoms with E-state index in [9.17, 15) is 9.90 Å². The summed E-state index contributed by atoms with van der Waals surface area (Å²) in [4.78, 5) is 12.3. The van der Waals surface area contributed by atoms with E-state index in [1.165, 1.54) is 7.11 Å². The van der Waals surface area contributed by atoms with Crippen LogP contribution in [0.15, 0.2) is 60.7 Å². The highest BCUT2D eigenvalue weighted by Crippen LogP contribution is 2.26. The highest BCUT2D eigenvalue weighted by Gasteiger charge is 2.07. The Labute approximate surface area is 140 Å². The first-order valence-electron chi connectivity index (χ1n) is 7.80. The maximum atomic E-state index is 12.3. The Morgan fingerprint density at radius 2 is 1.83 bits per heavy atom. The summed E-state index contributed by atoms with van der Waals surface area (Å²) in [5.41, 5.74) is 1.64. The monoisotopic (exact) mass is 321 g/mol. The van der Waals surface area contributed by atoms with E-state index in [1.807, 2.05) is 48.5 Å². The first-order chi connectivity index (χ1) is 11.7. The second-order valence-corrected chi connectivity index (χ2v) is 5.57. The van der Waals surface area contributed by atoms with Gasteiger partial charge in [-0.25, -0.2) is 0 Å². The molecule has 0 aromatic heterocycles. The van der Waals surface area contributed by atoms with Crippen LogP contribution >= 0.6 is 0 Å². The van der Waals surface area contributed by atoms with Gasteiger partial charge >= 0.3 is 0 Å². The number of carbonyl (C=O) groups excluding carboxylic acids is 1. The number of phenolic OH excluding ortho intramolecular Hbond substituents is 1. The van der Waals surface area contributed by atoms with Crippen LogP contribution in [-0.2, 0) is 6.42 Å². The number of benzene rings is 3. The van der Waals surface area contributed by atoms with E-state index in [0.717, 1.165) is 16.3 Å². The predicted molar refractivity (Wildman–Crippen MR) is 94.6 cm³/mol. The molecule has 0 aliphatic heterocycles. The third-order valence-corrected chi connectivity index (χ3v) is 3.96. The minimum Gasteiger partial charge on any atom is -0.504 e. The molecule has 4 nitrogen and oxygen atoms in total. The summed E-state index contributed by atoms with van der Waals surface area (Å²) in [6, 6.07) is 18.8. The van der Waals surface area contributed by atoms with Crippen molar-refractivity contribution in [1.29, 1.82) is 0 Å². The summed E-state index contributed by atoms with van der Waals surface area (Å²) in [5, 5.41) is 14.7. The fourth-order valence-corrected chi connectivity index (χ4v) is 2.63. The summed E-state index contributed by atoms with van der Waals surface area (Å²) in [7, 11) is 1.51. The maximum absolute atomic E-state index is 12.3. The zero-order chi connectivity index (χ0) is 16.9. The van der Waals surface area contributed by atoms with E-state index in [-0.39, 0.29) is 11.7 Å². The number of aromatic hydroxyl groups is 1. The van der Waals surface area contributed by atoms with Crippen LogP contribution in [0.5, 0.6) is 11.5 Å². The molecule has 3 aromatic rings. The van der Waals surface area contributed by atoms with Crippen molar-refractivity contribution in [1.82, 2.24) is 5.32 Å². The number of ether oxygens (including phenoxy) is 1. The Morgan fingerprint density at radius 3 is 2.62 bits per heavy atom. The van der Waals surface area contributed by atoms with E-state index >= 15 is 0 Å². The summed E-state index contributed by atoms with van der Waals surface area (Å²) >= 11 is 0. The molecule has 4 heteroatoms. The number of fused-ring (bicyclic) bond motifs is 1. The molecule has 0 atom stereocenters. The molecule has 0 aliphatic rings. The van der Waals surface area contributed by atoms with Gasteiger partial charge in [0, 0.05) is 12.1 Å². The number of carbonyl (C=O) groups is 1. The van der Waals surface area contributed by atoms with Crippen molar-refractivity contribution in [2.75, 3.05) is 13.7 Å². The first kappa shape index (κ1) is 15.9. The zero-order valence-corrected chi connectivity index (χ0v) is 13.5. The van der Waals surface area contributed by atoms with Gasteiger partial charge < -0.3 is 15.2 Å². The van der Waals surface area contributed by atoms with Crippen LogP contribution in [0.2, 0.25) is 0 Å². The highest BCUT2D eigenvalue weighted by molar-refractivity contribution is 5.98. The minimum absolute atomic E-state index is 0.0912. The molecule has 0 heterocycles. The van der Waals surface area contributed by atoms with Gasteiger partial charge in [-0.2, -0.15) is 0 Å². The quantitative estimate of drug-likeness (QED) is 0.756. The Morgan fingerprint density at radius 1 is 1.04 bits per heavy atom. The molecule has 0 radical (unpaired) electrons. The molecule has 1 amide bonds. The Kier molecular flexibility index (Phi) is 4.66. The first-order valence-corrected chi connectivity index (χ1v) is 7.80. The second-order valence-electron chi connectivity index (χ2n) is 5.57. The molecular formula is C20H19NO3. The van der Waals surface area contributed by atoms with Gasteiger partial charge in [0.15, 0.2) is 11.5 Å². The molecule has 0 unspecified atom stereocenters. The van der Waals surface area contributed by atoms with Gasteiger partial charge in [0.05, 0.1) is 7.11 Å². The van der Waals surface area contributed by atoms with Crippen molar-refractivity contribution in [3.05, 3.63) is 71.8 Å². The Bertz CT molecular complexity index is 874. The smallest absolute Gasteiger partial charge is 0.251 e. The standard InChI is InChI=1S/C20H19NO3/c1-24-19-12-14(6-9-18(19)22)10-11-21-20(23)17-8-7-15-4-2-3-5-16(15)13-17/h2-9,12-13,22H,10-11H2,1H3,(H,21,23). The number of phenols is 1. The second kappa shape index (κ2) is 7.04. The van der Waals surface area contributed by atoms with Crippen LogP contribution < -0.4 is 10.1 Å². The number of hydrogen-bond donors (Lipinski definition) is 2. The van der Waals surface area contributed by atoms with Crippen molar-refractivity contribution in [2.24, 2.45) is 0 Å². The van der Waals surface area contributed by atoms with Crippen molar-refractivity contribution in [2.45, 2.75) is 6.42 Å². The molecular weight excluding hydrogens is 302 g/mol. The topological polar surface area (TPSA) is 58.6 Å². The maximum Gasteiger partial charge on any atom is 0.251 e. The lowest BCUT2D eigenvalue weighted by atomic mass is 10.1. The lowest BCUT2D eigenvalue weighted by molar-refractivity contribution is 0.0954. The van der Waals surface area contributed by atoms with Crippen molar-refractivity contribution < 1.29 is 14.6 Å². The van der Waals surface area contributed by atoms with Gasteiger partial charge in [0.2, 0.25) is 0 Å². The van der Waals surface area contributed by atoms with Crippen molar-refractivity contribution in [3.63, 3.8) is 0 Å². The van der Waals surface area contributed by atoms with Gasteiger partial charge in [-0.3, -0.25) is 4.79 Å². The molecule has 3 rings (SSSR count). The fraction of sp³-hybridized carbons (Fsp3) is 0.150. The van der Waals surface area contributed by atoms with Crippen LogP contribution in [0.25, 0.3) is 10.8 Å². The average molecular weight is 321 g/mol. The Hall–Kier alpha value is -3.01. The van der Waals surface area contributed by atoms with E-state index < -0.39 is 0 Å². The molecule has 0 spiro atoms. The van der Waals surface area contributed by atoms with Crippen LogP contribution in [-0.4, -0.2) is 24.7 Å². The lowest BCUT2D eigenvalue weighted by Crippen LogP contribution is -2.25. The summed E-state index contributed by atoms with van der Waals surface area (Å²) in [5.74, 6) is 0.460. The lowest BCUT2D eigenvalue weighted by Gasteiger charge is -2.08. The van der Waals surface area contributed by atoms with E-state index in [4.69, 9.17) is 4.74 Å². The molecule has 24 heavy (non-hydrogen) atoms. The number of hydrogen-bond acceptors (Lipinski definition) is 3. The summed E-state index contributed by atoms with van der Waals surface area (Å²) in [6.45, 7) is 0.513. The van der Waals surface area contributed by atoms with Crippen molar-refractivity contribution >= 4 is 16.7 Å². The van der Waals surface area contributed by atoms with Gasteiger partial charge in [-0.15, -0.1) is 0 Å². The molecule has 0 bridgehead atoms. The third kappa shape index (κ3) is 3.49. The summed E-state index contributed by atoms with van der Waals surface area (Å²) in [6.07, 6.45) is 0.663. The Balaban J connectivity index is 1.62. The van der Waals surface area contributed by atoms with Gasteiger partial charge in [-0.1, -0.05) is 36.4 Å². The molecule has 0 aliphatic carbocycles. The van der Waals surface area contributed by atoms with Crippen molar-refractivity contribution in [3.8, 4) is 11.5 Å². The SMILES string of the molecule is COc1cc(CCNC(=O)c2ccc3ccccc3c2)ccc1O. The molecule has 0 fully saturated rings. The van der Waals surface area contributed by atoms with Crippen LogP contribution in [0.1, 0.15) is 15.9 Å². The average Bonchev–Trinajstić information content (AvgIpc) is 2.62. The fourth-order valence-electron chi connectivity index (χ4n) is 2.63. The van der Waals surface area contributed by atoms with E-state index in [1.54, 1.807) is 12.1 Å². The van der Waals surface area contributed by atoms with E-state index in [2.05, 4.69) is 5.32 Å². The summed E-state index contributed by atoms with van der Waals surface area (Å²) < 4.78 is 5.09. The predicted octanol–water partition coefficient (Wildman–Crippen LogP) is 3.53. The van der Waals surface area contributed by atoms with Crippen LogP contribution in [0.4, 0.5) is 0 Å². The molecule has 0 saturated heterocycles. The van der Waals surface area contributed by atoms with Crippen LogP contribution in [0, 0.1) is 0 Å². The zero-order valence-electron chi connectivity index (χ0n) is 13.5. The molecule has 2 N–H and O–H groups in total. The van der Waals surface area contributed by atoms with E-state index in [0.29, 0.717) is 24.3 Å². The number of amides is 1. The molecule has 3 aromatic carbocycles.